The van der Waals surface area contributed by atoms with Crippen molar-refractivity contribution in [3.8, 4) is 0 Å². The van der Waals surface area contributed by atoms with Crippen molar-refractivity contribution in [3.05, 3.63) is 51.7 Å². The van der Waals surface area contributed by atoms with Crippen molar-refractivity contribution >= 4 is 17.2 Å². The molecule has 20 heavy (non-hydrogen) atoms. The van der Waals surface area contributed by atoms with Gasteiger partial charge in [-0.1, -0.05) is 6.92 Å². The lowest BCUT2D eigenvalue weighted by atomic mass is 9.97. The van der Waals surface area contributed by atoms with Crippen molar-refractivity contribution < 1.29 is 9.18 Å². The van der Waals surface area contributed by atoms with Gasteiger partial charge in [0.15, 0.2) is 0 Å². The Labute approximate surface area is 121 Å². The van der Waals surface area contributed by atoms with E-state index in [2.05, 4.69) is 23.4 Å². The minimum absolute atomic E-state index is 0.0390. The molecule has 3 heterocycles. The van der Waals surface area contributed by atoms with E-state index >= 15 is 0 Å². The van der Waals surface area contributed by atoms with Gasteiger partial charge < -0.3 is 4.90 Å². The Morgan fingerprint density at radius 1 is 1.55 bits per heavy atom. The second-order valence-electron chi connectivity index (χ2n) is 4.81. The predicted molar refractivity (Wildman–Crippen MR) is 76.3 cm³/mol. The molecule has 0 saturated carbocycles. The molecular formula is C15H15FN2OS. The number of carbonyl (C=O) groups excluding carboxylic acids is 1. The van der Waals surface area contributed by atoms with Gasteiger partial charge in [-0.25, -0.2) is 4.98 Å². The van der Waals surface area contributed by atoms with Crippen LogP contribution < -0.4 is 0 Å². The molecule has 2 aromatic heterocycles. The molecule has 0 spiro atoms. The molecule has 104 valence electrons. The molecule has 0 N–H and O–H groups in total. The number of aromatic nitrogens is 1. The molecule has 1 aliphatic rings. The summed E-state index contributed by atoms with van der Waals surface area (Å²) in [6, 6.07) is 5.21. The second kappa shape index (κ2) is 5.32. The largest absolute Gasteiger partial charge is 0.331 e. The van der Waals surface area contributed by atoms with E-state index in [1.165, 1.54) is 22.7 Å². The van der Waals surface area contributed by atoms with Gasteiger partial charge in [-0.05, 0) is 42.0 Å². The molecule has 1 amide bonds. The van der Waals surface area contributed by atoms with E-state index in [4.69, 9.17) is 0 Å². The third-order valence-electron chi connectivity index (χ3n) is 3.73. The van der Waals surface area contributed by atoms with E-state index in [1.54, 1.807) is 22.3 Å². The van der Waals surface area contributed by atoms with E-state index in [0.717, 1.165) is 12.8 Å². The van der Waals surface area contributed by atoms with Gasteiger partial charge in [0.2, 0.25) is 5.95 Å². The van der Waals surface area contributed by atoms with Crippen molar-refractivity contribution in [3.63, 3.8) is 0 Å². The molecule has 0 saturated heterocycles. The van der Waals surface area contributed by atoms with Gasteiger partial charge in [0.05, 0.1) is 11.6 Å². The third kappa shape index (κ3) is 2.12. The zero-order chi connectivity index (χ0) is 14.1. The molecule has 0 bridgehead atoms. The number of pyridine rings is 1. The van der Waals surface area contributed by atoms with Crippen LogP contribution in [0.15, 0.2) is 29.8 Å². The van der Waals surface area contributed by atoms with Crippen LogP contribution in [0.4, 0.5) is 4.39 Å². The maximum atomic E-state index is 13.7. The minimum atomic E-state index is -0.691. The quantitative estimate of drug-likeness (QED) is 0.794. The average molecular weight is 290 g/mol. The average Bonchev–Trinajstić information content (AvgIpc) is 2.94. The SMILES string of the molecule is CCC1c2ccsc2CCN1C(=O)c1cccnc1F. The van der Waals surface area contributed by atoms with Crippen molar-refractivity contribution in [1.82, 2.24) is 9.88 Å². The fraction of sp³-hybridized carbons (Fsp3) is 0.333. The number of amides is 1. The highest BCUT2D eigenvalue weighted by atomic mass is 32.1. The van der Waals surface area contributed by atoms with Crippen molar-refractivity contribution in [1.29, 1.82) is 0 Å². The number of nitrogens with zero attached hydrogens (tertiary/aromatic N) is 2. The predicted octanol–water partition coefficient (Wildman–Crippen LogP) is 3.43. The molecule has 0 fully saturated rings. The summed E-state index contributed by atoms with van der Waals surface area (Å²) in [7, 11) is 0. The lowest BCUT2D eigenvalue weighted by Crippen LogP contribution is -2.39. The topological polar surface area (TPSA) is 33.2 Å². The highest BCUT2D eigenvalue weighted by molar-refractivity contribution is 7.10. The fourth-order valence-electron chi connectivity index (χ4n) is 2.78. The molecule has 1 unspecified atom stereocenters. The Bertz CT molecular complexity index is 640. The Kier molecular flexibility index (Phi) is 3.53. The first-order valence-corrected chi connectivity index (χ1v) is 7.58. The van der Waals surface area contributed by atoms with Crippen LogP contribution >= 0.6 is 11.3 Å². The van der Waals surface area contributed by atoms with Gasteiger partial charge in [-0.2, -0.15) is 4.39 Å². The van der Waals surface area contributed by atoms with Gasteiger partial charge >= 0.3 is 0 Å². The molecule has 2 aromatic rings. The van der Waals surface area contributed by atoms with Gasteiger partial charge in [-0.15, -0.1) is 11.3 Å². The molecule has 1 atom stereocenters. The molecule has 3 rings (SSSR count). The zero-order valence-electron chi connectivity index (χ0n) is 11.2. The van der Waals surface area contributed by atoms with Crippen LogP contribution in [0.3, 0.4) is 0 Å². The molecule has 3 nitrogen and oxygen atoms in total. The molecular weight excluding hydrogens is 275 g/mol. The summed E-state index contributed by atoms with van der Waals surface area (Å²) in [5.41, 5.74) is 1.27. The van der Waals surface area contributed by atoms with Gasteiger partial charge in [-0.3, -0.25) is 4.79 Å². The summed E-state index contributed by atoms with van der Waals surface area (Å²) in [5, 5.41) is 2.06. The summed E-state index contributed by atoms with van der Waals surface area (Å²) < 4.78 is 13.7. The normalized spacial score (nSPS) is 17.9. The smallest absolute Gasteiger partial charge is 0.259 e. The van der Waals surface area contributed by atoms with Gasteiger partial charge in [0, 0.05) is 17.6 Å². The Morgan fingerprint density at radius 2 is 2.40 bits per heavy atom. The highest BCUT2D eigenvalue weighted by Gasteiger charge is 2.31. The number of hydrogen-bond acceptors (Lipinski definition) is 3. The number of fused-ring (bicyclic) bond motifs is 1. The number of halogens is 1. The standard InChI is InChI=1S/C15H15FN2OS/c1-2-12-10-6-9-20-13(10)5-8-18(12)15(19)11-4-3-7-17-14(11)16/h3-4,6-7,9,12H,2,5,8H2,1H3. The lowest BCUT2D eigenvalue weighted by molar-refractivity contribution is 0.0651. The van der Waals surface area contributed by atoms with Crippen LogP contribution in [-0.2, 0) is 6.42 Å². The van der Waals surface area contributed by atoms with E-state index in [9.17, 15) is 9.18 Å². The van der Waals surface area contributed by atoms with E-state index in [1.807, 2.05) is 0 Å². The maximum Gasteiger partial charge on any atom is 0.259 e. The summed E-state index contributed by atoms with van der Waals surface area (Å²) in [4.78, 5) is 19.3. The number of hydrogen-bond donors (Lipinski definition) is 0. The van der Waals surface area contributed by atoms with Crippen molar-refractivity contribution in [2.24, 2.45) is 0 Å². The van der Waals surface area contributed by atoms with Gasteiger partial charge in [0.25, 0.3) is 5.91 Å². The zero-order valence-corrected chi connectivity index (χ0v) is 12.0. The minimum Gasteiger partial charge on any atom is -0.331 e. The molecule has 5 heteroatoms. The van der Waals surface area contributed by atoms with E-state index < -0.39 is 5.95 Å². The summed E-state index contributed by atoms with van der Waals surface area (Å²) >= 11 is 1.73. The molecule has 0 aliphatic carbocycles. The first kappa shape index (κ1) is 13.2. The fourth-order valence-corrected chi connectivity index (χ4v) is 3.71. The van der Waals surface area contributed by atoms with Crippen molar-refractivity contribution in [2.45, 2.75) is 25.8 Å². The summed E-state index contributed by atoms with van der Waals surface area (Å²) in [6.45, 7) is 2.69. The van der Waals surface area contributed by atoms with E-state index in [0.29, 0.717) is 6.54 Å². The van der Waals surface area contributed by atoms with Crippen molar-refractivity contribution in [2.75, 3.05) is 6.54 Å². The number of carbonyl (C=O) groups is 1. The number of thiophene rings is 1. The summed E-state index contributed by atoms with van der Waals surface area (Å²) in [5.74, 6) is -0.956. The first-order valence-electron chi connectivity index (χ1n) is 6.70. The third-order valence-corrected chi connectivity index (χ3v) is 4.73. The highest BCUT2D eigenvalue weighted by Crippen LogP contribution is 2.36. The van der Waals surface area contributed by atoms with E-state index in [-0.39, 0.29) is 17.5 Å². The van der Waals surface area contributed by atoms with Crippen LogP contribution in [0.25, 0.3) is 0 Å². The lowest BCUT2D eigenvalue weighted by Gasteiger charge is -2.35. The Hall–Kier alpha value is -1.75. The molecule has 1 aliphatic heterocycles. The van der Waals surface area contributed by atoms with Gasteiger partial charge in [0.1, 0.15) is 0 Å². The van der Waals surface area contributed by atoms with Crippen LogP contribution in [0.2, 0.25) is 0 Å². The second-order valence-corrected chi connectivity index (χ2v) is 5.81. The van der Waals surface area contributed by atoms with Crippen LogP contribution in [-0.4, -0.2) is 22.3 Å². The summed E-state index contributed by atoms with van der Waals surface area (Å²) in [6.07, 6.45) is 3.03. The van der Waals surface area contributed by atoms with Crippen LogP contribution in [0.5, 0.6) is 0 Å². The first-order chi connectivity index (χ1) is 9.72. The van der Waals surface area contributed by atoms with Crippen LogP contribution in [0.1, 0.15) is 40.2 Å². The molecule has 0 radical (unpaired) electrons. The Morgan fingerprint density at radius 3 is 3.15 bits per heavy atom. The maximum absolute atomic E-state index is 13.7. The monoisotopic (exact) mass is 290 g/mol. The number of rotatable bonds is 2. The Balaban J connectivity index is 1.95. The van der Waals surface area contributed by atoms with Crippen LogP contribution in [0, 0.1) is 5.95 Å². The molecule has 0 aromatic carbocycles.